The lowest BCUT2D eigenvalue weighted by Gasteiger charge is -2.49. The van der Waals surface area contributed by atoms with Crippen LogP contribution in [0.3, 0.4) is 0 Å². The molecule has 2 N–H and O–H groups in total. The average Bonchev–Trinajstić information content (AvgIpc) is 2.74. The smallest absolute Gasteiger partial charge is 0.276 e. The second kappa shape index (κ2) is 6.79. The van der Waals surface area contributed by atoms with Crippen molar-refractivity contribution in [2.75, 3.05) is 18.0 Å². The number of urea groups is 1. The Bertz CT molecular complexity index is 1080. The van der Waals surface area contributed by atoms with E-state index in [0.29, 0.717) is 19.4 Å². The molecule has 2 saturated heterocycles. The van der Waals surface area contributed by atoms with Gasteiger partial charge in [0.25, 0.3) is 11.7 Å². The number of carbonyl (C=O) groups is 3. The number of piperidine rings is 1. The monoisotopic (exact) mass is 407 g/mol. The first-order valence-corrected chi connectivity index (χ1v) is 10.9. The molecule has 3 aliphatic heterocycles. The van der Waals surface area contributed by atoms with Crippen molar-refractivity contribution in [1.29, 1.82) is 0 Å². The molecule has 0 saturated carbocycles. The fourth-order valence-electron chi connectivity index (χ4n) is 5.48. The van der Waals surface area contributed by atoms with Crippen molar-refractivity contribution in [2.24, 2.45) is 5.41 Å². The number of barbiturate groups is 1. The number of pyridine rings is 1. The maximum atomic E-state index is 13.7. The molecular formula is C23H27N4O3+. The second-order valence-corrected chi connectivity index (χ2v) is 8.80. The van der Waals surface area contributed by atoms with Crippen LogP contribution < -0.4 is 15.2 Å². The Hall–Kier alpha value is -2.96. The molecule has 0 radical (unpaired) electrons. The minimum Gasteiger partial charge on any atom is -0.276 e. The van der Waals surface area contributed by atoms with Gasteiger partial charge in [-0.15, -0.1) is 0 Å². The highest BCUT2D eigenvalue weighted by atomic mass is 16.2. The molecule has 0 bridgehead atoms. The number of aryl methyl sites for hydroxylation is 1. The average molecular weight is 407 g/mol. The number of imide groups is 2. The van der Waals surface area contributed by atoms with Crippen molar-refractivity contribution in [3.05, 3.63) is 35.4 Å². The standard InChI is InChI=1S/C23H26N4O3/c1-3-9-27-21(29)23(20(28)25-22(27)30)13-16-12-15-11-14(2)7-8-17(15)24-19(16)26-10-5-4-6-18(23)26/h7-8,11-12,18H,3-6,9-10,13H2,1-2H3,(H,25,28,30)/p+1/t18-,23+/m1/s1. The number of fused-ring (bicyclic) bond motifs is 5. The normalized spacial score (nSPS) is 26.1. The summed E-state index contributed by atoms with van der Waals surface area (Å²) in [5.74, 6) is 0.211. The van der Waals surface area contributed by atoms with Gasteiger partial charge in [-0.1, -0.05) is 18.6 Å². The third kappa shape index (κ3) is 2.57. The molecule has 5 rings (SSSR count). The van der Waals surface area contributed by atoms with Crippen LogP contribution >= 0.6 is 0 Å². The number of hydrogen-bond donors (Lipinski definition) is 1. The topological polar surface area (TPSA) is 83.9 Å². The molecule has 0 unspecified atom stereocenters. The number of aromatic nitrogens is 1. The maximum absolute atomic E-state index is 13.7. The van der Waals surface area contributed by atoms with Crippen LogP contribution in [0.5, 0.6) is 0 Å². The fourth-order valence-corrected chi connectivity index (χ4v) is 5.48. The van der Waals surface area contributed by atoms with Crippen molar-refractivity contribution in [3.8, 4) is 0 Å². The zero-order valence-electron chi connectivity index (χ0n) is 17.5. The van der Waals surface area contributed by atoms with E-state index in [-0.39, 0.29) is 11.9 Å². The lowest BCUT2D eigenvalue weighted by atomic mass is 9.66. The molecule has 0 aliphatic carbocycles. The summed E-state index contributed by atoms with van der Waals surface area (Å²) in [5, 5.41) is 3.57. The van der Waals surface area contributed by atoms with E-state index in [1.807, 2.05) is 13.8 Å². The van der Waals surface area contributed by atoms with E-state index in [4.69, 9.17) is 0 Å². The van der Waals surface area contributed by atoms with Gasteiger partial charge in [0, 0.05) is 23.9 Å². The highest BCUT2D eigenvalue weighted by Crippen LogP contribution is 2.46. The fraction of sp³-hybridized carbons (Fsp3) is 0.478. The summed E-state index contributed by atoms with van der Waals surface area (Å²) in [6.45, 7) is 5.08. The van der Waals surface area contributed by atoms with E-state index in [1.165, 1.54) is 4.90 Å². The van der Waals surface area contributed by atoms with Crippen molar-refractivity contribution >= 4 is 34.6 Å². The Labute approximate surface area is 175 Å². The van der Waals surface area contributed by atoms with Crippen LogP contribution in [-0.2, 0) is 16.0 Å². The molecule has 156 valence electrons. The van der Waals surface area contributed by atoms with E-state index < -0.39 is 17.4 Å². The first-order chi connectivity index (χ1) is 14.5. The number of benzene rings is 1. The number of amides is 4. The Morgan fingerprint density at radius 2 is 2.03 bits per heavy atom. The molecule has 7 nitrogen and oxygen atoms in total. The molecule has 4 heterocycles. The molecule has 2 fully saturated rings. The quantitative estimate of drug-likeness (QED) is 0.775. The summed E-state index contributed by atoms with van der Waals surface area (Å²) < 4.78 is 0. The van der Waals surface area contributed by atoms with Gasteiger partial charge in [0.05, 0.1) is 6.54 Å². The minimum atomic E-state index is -1.26. The van der Waals surface area contributed by atoms with Gasteiger partial charge in [0.1, 0.15) is 11.6 Å². The van der Waals surface area contributed by atoms with Gasteiger partial charge in [-0.3, -0.25) is 24.7 Å². The number of nitrogens with one attached hydrogen (secondary N) is 2. The van der Waals surface area contributed by atoms with Crippen LogP contribution in [0.15, 0.2) is 24.3 Å². The van der Waals surface area contributed by atoms with Crippen molar-refractivity contribution in [1.82, 2.24) is 10.2 Å². The lowest BCUT2D eigenvalue weighted by molar-refractivity contribution is -0.333. The van der Waals surface area contributed by atoms with Gasteiger partial charge >= 0.3 is 6.03 Å². The SMILES string of the molecule is CCCN1C(=O)NC(=O)[C@@]2(Cc3cc4cc(C)ccc4[nH+]c3N3CCCC[C@@H]32)C1=O. The van der Waals surface area contributed by atoms with Gasteiger partial charge in [-0.2, -0.15) is 0 Å². The van der Waals surface area contributed by atoms with E-state index in [1.54, 1.807) is 0 Å². The van der Waals surface area contributed by atoms with Gasteiger partial charge in [-0.25, -0.2) is 9.78 Å². The van der Waals surface area contributed by atoms with Crippen LogP contribution in [0, 0.1) is 12.3 Å². The highest BCUT2D eigenvalue weighted by Gasteiger charge is 2.65. The molecule has 30 heavy (non-hydrogen) atoms. The molecule has 3 aliphatic rings. The Balaban J connectivity index is 1.70. The van der Waals surface area contributed by atoms with Crippen LogP contribution in [0.4, 0.5) is 10.6 Å². The van der Waals surface area contributed by atoms with Crippen LogP contribution in [0.1, 0.15) is 43.7 Å². The number of nitrogens with zero attached hydrogens (tertiary/aromatic N) is 2. The third-order valence-corrected chi connectivity index (χ3v) is 6.87. The van der Waals surface area contributed by atoms with Gasteiger partial charge in [-0.05, 0) is 50.8 Å². The number of aromatic amines is 1. The molecule has 1 aromatic carbocycles. The summed E-state index contributed by atoms with van der Waals surface area (Å²) in [6, 6.07) is 7.52. The minimum absolute atomic E-state index is 0.252. The lowest BCUT2D eigenvalue weighted by Crippen LogP contribution is -2.73. The van der Waals surface area contributed by atoms with Crippen LogP contribution in [-0.4, -0.2) is 41.9 Å². The van der Waals surface area contributed by atoms with E-state index in [9.17, 15) is 14.4 Å². The van der Waals surface area contributed by atoms with Gasteiger partial charge < -0.3 is 0 Å². The summed E-state index contributed by atoms with van der Waals surface area (Å²) in [7, 11) is 0. The summed E-state index contributed by atoms with van der Waals surface area (Å²) in [4.78, 5) is 46.4. The van der Waals surface area contributed by atoms with E-state index in [0.717, 1.165) is 53.7 Å². The van der Waals surface area contributed by atoms with Crippen LogP contribution in [0.25, 0.3) is 10.9 Å². The Morgan fingerprint density at radius 3 is 2.83 bits per heavy atom. The van der Waals surface area contributed by atoms with Crippen LogP contribution in [0.2, 0.25) is 0 Å². The molecule has 2 atom stereocenters. The molecule has 4 amide bonds. The van der Waals surface area contributed by atoms with Gasteiger partial charge in [0.2, 0.25) is 5.91 Å². The maximum Gasteiger partial charge on any atom is 0.330 e. The van der Waals surface area contributed by atoms with Crippen molar-refractivity contribution in [3.63, 3.8) is 0 Å². The number of hydrogen-bond acceptors (Lipinski definition) is 4. The molecule has 2 aromatic rings. The van der Waals surface area contributed by atoms with E-state index in [2.05, 4.69) is 39.5 Å². The Kier molecular flexibility index (Phi) is 4.31. The summed E-state index contributed by atoms with van der Waals surface area (Å²) in [6.07, 6.45) is 3.70. The number of anilines is 1. The number of H-pyrrole nitrogens is 1. The molecule has 1 spiro atoms. The molecule has 1 aromatic heterocycles. The predicted molar refractivity (Wildman–Crippen MR) is 112 cm³/mol. The number of rotatable bonds is 2. The number of carbonyl (C=O) groups excluding carboxylic acids is 3. The largest absolute Gasteiger partial charge is 0.330 e. The van der Waals surface area contributed by atoms with Crippen molar-refractivity contribution in [2.45, 2.75) is 52.0 Å². The highest BCUT2D eigenvalue weighted by molar-refractivity contribution is 6.20. The zero-order valence-corrected chi connectivity index (χ0v) is 17.5. The Morgan fingerprint density at radius 1 is 1.20 bits per heavy atom. The first kappa shape index (κ1) is 19.0. The summed E-state index contributed by atoms with van der Waals surface area (Å²) in [5.41, 5.74) is 1.90. The summed E-state index contributed by atoms with van der Waals surface area (Å²) >= 11 is 0. The first-order valence-electron chi connectivity index (χ1n) is 10.9. The second-order valence-electron chi connectivity index (χ2n) is 8.80. The third-order valence-electron chi connectivity index (χ3n) is 6.87. The zero-order chi connectivity index (χ0) is 21.0. The van der Waals surface area contributed by atoms with E-state index >= 15 is 0 Å². The predicted octanol–water partition coefficient (Wildman–Crippen LogP) is 2.35. The van der Waals surface area contributed by atoms with Gasteiger partial charge in [0.15, 0.2) is 5.41 Å². The molecule has 7 heteroatoms. The van der Waals surface area contributed by atoms with Crippen molar-refractivity contribution < 1.29 is 19.4 Å². The molecular weight excluding hydrogens is 380 g/mol.